The summed E-state index contributed by atoms with van der Waals surface area (Å²) in [6.45, 7) is 0.387. The number of carbonyl (C=O) groups excluding carboxylic acids is 2. The van der Waals surface area contributed by atoms with Gasteiger partial charge in [-0.2, -0.15) is 0 Å². The summed E-state index contributed by atoms with van der Waals surface area (Å²) in [5, 5.41) is 0. The number of carbonyl (C=O) groups is 2. The lowest BCUT2D eigenvalue weighted by molar-refractivity contribution is 0.0450. The Morgan fingerprint density at radius 3 is 1.94 bits per heavy atom. The zero-order valence-electron chi connectivity index (χ0n) is 17.2. The summed E-state index contributed by atoms with van der Waals surface area (Å²) >= 11 is 0. The molecule has 4 aromatic rings. The Morgan fingerprint density at radius 2 is 1.25 bits per heavy atom. The number of esters is 2. The Morgan fingerprint density at radius 1 is 0.625 bits per heavy atom. The van der Waals surface area contributed by atoms with Gasteiger partial charge in [0.05, 0.1) is 11.1 Å². The molecule has 4 rings (SSSR count). The van der Waals surface area contributed by atoms with Crippen LogP contribution in [0.1, 0.15) is 20.7 Å². The van der Waals surface area contributed by atoms with Crippen LogP contribution in [0.4, 0.5) is 0 Å². The number of rotatable bonds is 8. The number of benzene rings is 3. The molecule has 6 heteroatoms. The van der Waals surface area contributed by atoms with E-state index in [-0.39, 0.29) is 13.2 Å². The van der Waals surface area contributed by atoms with Crippen LogP contribution in [0.3, 0.4) is 0 Å². The molecule has 3 aromatic carbocycles. The van der Waals surface area contributed by atoms with Crippen molar-refractivity contribution in [2.24, 2.45) is 0 Å². The van der Waals surface area contributed by atoms with Crippen LogP contribution < -0.4 is 9.47 Å². The Balaban J connectivity index is 1.26. The van der Waals surface area contributed by atoms with Crippen molar-refractivity contribution in [3.63, 3.8) is 0 Å². The first-order chi connectivity index (χ1) is 15.7. The monoisotopic (exact) mass is 427 g/mol. The molecule has 1 heterocycles. The zero-order valence-corrected chi connectivity index (χ0v) is 17.2. The Labute approximate surface area is 185 Å². The maximum Gasteiger partial charge on any atom is 0.343 e. The molecule has 0 N–H and O–H groups in total. The normalized spacial score (nSPS) is 10.4. The lowest BCUT2D eigenvalue weighted by Gasteiger charge is -2.08. The third-order valence-corrected chi connectivity index (χ3v) is 4.63. The minimum Gasteiger partial charge on any atom is -0.490 e. The highest BCUT2D eigenvalue weighted by Crippen LogP contribution is 2.16. The van der Waals surface area contributed by atoms with Crippen molar-refractivity contribution in [3.8, 4) is 17.2 Å². The predicted octanol–water partition coefficient (Wildman–Crippen LogP) is 4.93. The third-order valence-electron chi connectivity index (χ3n) is 4.63. The molecule has 160 valence electrons. The van der Waals surface area contributed by atoms with E-state index in [9.17, 15) is 9.59 Å². The molecule has 0 saturated heterocycles. The second kappa shape index (κ2) is 10.1. The quantitative estimate of drug-likeness (QED) is 0.227. The summed E-state index contributed by atoms with van der Waals surface area (Å²) in [7, 11) is 0. The fourth-order valence-electron chi connectivity index (χ4n) is 3.00. The highest BCUT2D eigenvalue weighted by molar-refractivity contribution is 5.92. The van der Waals surface area contributed by atoms with E-state index < -0.39 is 11.9 Å². The van der Waals surface area contributed by atoms with Crippen molar-refractivity contribution in [1.82, 2.24) is 4.57 Å². The average molecular weight is 427 g/mol. The van der Waals surface area contributed by atoms with Crippen molar-refractivity contribution < 1.29 is 23.8 Å². The molecule has 0 fully saturated rings. The van der Waals surface area contributed by atoms with Crippen LogP contribution in [0.5, 0.6) is 11.5 Å². The standard InChI is InChI=1S/C26H21NO5/c28-25(31-19-18-30-23-6-2-1-3-7-23)20-10-14-24(15-11-20)32-26(29)21-8-12-22(13-9-21)27-16-4-5-17-27/h1-17H,18-19H2. The first-order valence-corrected chi connectivity index (χ1v) is 10.1. The second-order valence-corrected chi connectivity index (χ2v) is 6.85. The summed E-state index contributed by atoms with van der Waals surface area (Å²) in [4.78, 5) is 24.5. The lowest BCUT2D eigenvalue weighted by atomic mass is 10.2. The Kier molecular flexibility index (Phi) is 6.63. The van der Waals surface area contributed by atoms with Crippen LogP contribution in [-0.2, 0) is 4.74 Å². The minimum absolute atomic E-state index is 0.128. The summed E-state index contributed by atoms with van der Waals surface area (Å²) in [5.74, 6) is 0.111. The summed E-state index contributed by atoms with van der Waals surface area (Å²) in [5.41, 5.74) is 1.74. The number of nitrogens with zero attached hydrogens (tertiary/aromatic N) is 1. The van der Waals surface area contributed by atoms with E-state index >= 15 is 0 Å². The van der Waals surface area contributed by atoms with Gasteiger partial charge in [-0.25, -0.2) is 9.59 Å². The number of hydrogen-bond donors (Lipinski definition) is 0. The largest absolute Gasteiger partial charge is 0.490 e. The van der Waals surface area contributed by atoms with Gasteiger partial charge >= 0.3 is 11.9 Å². The van der Waals surface area contributed by atoms with Gasteiger partial charge in [-0.3, -0.25) is 0 Å². The van der Waals surface area contributed by atoms with Crippen LogP contribution in [0.25, 0.3) is 5.69 Å². The van der Waals surface area contributed by atoms with Crippen LogP contribution in [0.15, 0.2) is 103 Å². The number of para-hydroxylation sites is 1. The van der Waals surface area contributed by atoms with Crippen molar-refractivity contribution in [2.75, 3.05) is 13.2 Å². The highest BCUT2D eigenvalue weighted by atomic mass is 16.6. The molecule has 0 aliphatic carbocycles. The average Bonchev–Trinajstić information content (AvgIpc) is 3.38. The van der Waals surface area contributed by atoms with Gasteiger partial charge in [0.25, 0.3) is 0 Å². The van der Waals surface area contributed by atoms with Gasteiger partial charge in [0.1, 0.15) is 24.7 Å². The van der Waals surface area contributed by atoms with E-state index in [0.717, 1.165) is 5.69 Å². The third kappa shape index (κ3) is 5.43. The fourth-order valence-corrected chi connectivity index (χ4v) is 3.00. The zero-order chi connectivity index (χ0) is 22.2. The molecular formula is C26H21NO5. The number of hydrogen-bond acceptors (Lipinski definition) is 5. The molecule has 1 aromatic heterocycles. The van der Waals surface area contributed by atoms with Gasteiger partial charge in [0.2, 0.25) is 0 Å². The Bertz CT molecular complexity index is 1150. The van der Waals surface area contributed by atoms with E-state index in [1.165, 1.54) is 0 Å². The van der Waals surface area contributed by atoms with E-state index in [1.807, 2.05) is 71.6 Å². The first kappa shape index (κ1) is 20.9. The second-order valence-electron chi connectivity index (χ2n) is 6.85. The van der Waals surface area contributed by atoms with Crippen LogP contribution in [-0.4, -0.2) is 29.7 Å². The summed E-state index contributed by atoms with van der Waals surface area (Å²) < 4.78 is 18.0. The topological polar surface area (TPSA) is 66.8 Å². The minimum atomic E-state index is -0.475. The summed E-state index contributed by atoms with van der Waals surface area (Å²) in [6.07, 6.45) is 3.85. The predicted molar refractivity (Wildman–Crippen MR) is 119 cm³/mol. The Hall–Kier alpha value is -4.32. The molecule has 0 bridgehead atoms. The van der Waals surface area contributed by atoms with Gasteiger partial charge < -0.3 is 18.8 Å². The van der Waals surface area contributed by atoms with Gasteiger partial charge in [-0.1, -0.05) is 18.2 Å². The molecule has 0 aliphatic rings. The van der Waals surface area contributed by atoms with E-state index in [4.69, 9.17) is 14.2 Å². The molecule has 0 amide bonds. The van der Waals surface area contributed by atoms with Crippen molar-refractivity contribution in [2.45, 2.75) is 0 Å². The highest BCUT2D eigenvalue weighted by Gasteiger charge is 2.11. The lowest BCUT2D eigenvalue weighted by Crippen LogP contribution is -2.12. The fraction of sp³-hybridized carbons (Fsp3) is 0.0769. The maximum absolute atomic E-state index is 12.4. The van der Waals surface area contributed by atoms with Crippen LogP contribution in [0.2, 0.25) is 0 Å². The summed E-state index contributed by atoms with van der Waals surface area (Å²) in [6, 6.07) is 26.5. The van der Waals surface area contributed by atoms with E-state index in [1.54, 1.807) is 36.4 Å². The van der Waals surface area contributed by atoms with Crippen molar-refractivity contribution in [1.29, 1.82) is 0 Å². The van der Waals surface area contributed by atoms with Gasteiger partial charge in [-0.05, 0) is 72.8 Å². The molecule has 0 saturated carbocycles. The van der Waals surface area contributed by atoms with Crippen molar-refractivity contribution >= 4 is 11.9 Å². The SMILES string of the molecule is O=C(OCCOc1ccccc1)c1ccc(OC(=O)c2ccc(-n3cccc3)cc2)cc1. The van der Waals surface area contributed by atoms with Crippen LogP contribution in [0, 0.1) is 0 Å². The molecule has 6 nitrogen and oxygen atoms in total. The molecule has 0 aliphatic heterocycles. The molecule has 32 heavy (non-hydrogen) atoms. The number of ether oxygens (including phenoxy) is 3. The molecule has 0 radical (unpaired) electrons. The van der Waals surface area contributed by atoms with Gasteiger partial charge in [-0.15, -0.1) is 0 Å². The van der Waals surface area contributed by atoms with Crippen LogP contribution >= 0.6 is 0 Å². The smallest absolute Gasteiger partial charge is 0.343 e. The first-order valence-electron chi connectivity index (χ1n) is 10.1. The van der Waals surface area contributed by atoms with E-state index in [2.05, 4.69) is 0 Å². The molecule has 0 spiro atoms. The van der Waals surface area contributed by atoms with E-state index in [0.29, 0.717) is 22.6 Å². The molecular weight excluding hydrogens is 406 g/mol. The van der Waals surface area contributed by atoms with Gasteiger partial charge in [0, 0.05) is 18.1 Å². The number of aromatic nitrogens is 1. The maximum atomic E-state index is 12.4. The molecule has 0 atom stereocenters. The van der Waals surface area contributed by atoms with Crippen molar-refractivity contribution in [3.05, 3.63) is 115 Å². The van der Waals surface area contributed by atoms with Gasteiger partial charge in [0.15, 0.2) is 0 Å². The molecule has 0 unspecified atom stereocenters.